The van der Waals surface area contributed by atoms with Crippen molar-refractivity contribution in [3.8, 4) is 16.3 Å². The SMILES string of the molecule is COc1ccc(-c2nc(N)ns2)cc1. The predicted octanol–water partition coefficient (Wildman–Crippen LogP) is 1.80. The third-order valence-corrected chi connectivity index (χ3v) is 2.56. The van der Waals surface area contributed by atoms with Crippen LogP contribution >= 0.6 is 11.5 Å². The first-order chi connectivity index (χ1) is 6.79. The van der Waals surface area contributed by atoms with Crippen LogP contribution in [-0.2, 0) is 0 Å². The van der Waals surface area contributed by atoms with E-state index < -0.39 is 0 Å². The molecule has 4 nitrogen and oxygen atoms in total. The quantitative estimate of drug-likeness (QED) is 0.815. The second-order valence-electron chi connectivity index (χ2n) is 2.69. The molecule has 0 aliphatic carbocycles. The van der Waals surface area contributed by atoms with Crippen LogP contribution in [0.15, 0.2) is 24.3 Å². The lowest BCUT2D eigenvalue weighted by Gasteiger charge is -1.99. The van der Waals surface area contributed by atoms with Gasteiger partial charge in [-0.15, -0.1) is 0 Å². The van der Waals surface area contributed by atoms with Crippen LogP contribution in [0.1, 0.15) is 0 Å². The summed E-state index contributed by atoms with van der Waals surface area (Å²) in [5.41, 5.74) is 6.44. The summed E-state index contributed by atoms with van der Waals surface area (Å²) < 4.78 is 8.97. The molecule has 1 aromatic heterocycles. The number of aromatic nitrogens is 2. The lowest BCUT2D eigenvalue weighted by Crippen LogP contribution is -1.86. The van der Waals surface area contributed by atoms with Crippen LogP contribution in [-0.4, -0.2) is 16.5 Å². The Morgan fingerprint density at radius 3 is 2.50 bits per heavy atom. The molecule has 2 rings (SSSR count). The van der Waals surface area contributed by atoms with Gasteiger partial charge < -0.3 is 10.5 Å². The fourth-order valence-electron chi connectivity index (χ4n) is 1.09. The van der Waals surface area contributed by atoms with Gasteiger partial charge in [-0.2, -0.15) is 9.36 Å². The number of methoxy groups -OCH3 is 1. The highest BCUT2D eigenvalue weighted by Crippen LogP contribution is 2.24. The lowest BCUT2D eigenvalue weighted by atomic mass is 10.2. The van der Waals surface area contributed by atoms with Gasteiger partial charge in [0.25, 0.3) is 0 Å². The molecule has 2 aromatic rings. The largest absolute Gasteiger partial charge is 0.497 e. The zero-order chi connectivity index (χ0) is 9.97. The first-order valence-corrected chi connectivity index (χ1v) is 4.80. The van der Waals surface area contributed by atoms with Gasteiger partial charge in [-0.25, -0.2) is 0 Å². The molecule has 0 saturated carbocycles. The van der Waals surface area contributed by atoms with Crippen molar-refractivity contribution in [1.29, 1.82) is 0 Å². The van der Waals surface area contributed by atoms with E-state index in [2.05, 4.69) is 9.36 Å². The zero-order valence-electron chi connectivity index (χ0n) is 7.60. The molecule has 0 fully saturated rings. The molecule has 0 spiro atoms. The summed E-state index contributed by atoms with van der Waals surface area (Å²) in [6.07, 6.45) is 0. The maximum atomic E-state index is 5.44. The van der Waals surface area contributed by atoms with Crippen LogP contribution < -0.4 is 10.5 Å². The van der Waals surface area contributed by atoms with Gasteiger partial charge in [0.2, 0.25) is 5.95 Å². The summed E-state index contributed by atoms with van der Waals surface area (Å²) in [5, 5.41) is 0.824. The summed E-state index contributed by atoms with van der Waals surface area (Å²) in [4.78, 5) is 4.08. The third-order valence-electron chi connectivity index (χ3n) is 1.78. The number of rotatable bonds is 2. The Labute approximate surface area is 85.5 Å². The van der Waals surface area contributed by atoms with E-state index in [9.17, 15) is 0 Å². The van der Waals surface area contributed by atoms with E-state index >= 15 is 0 Å². The van der Waals surface area contributed by atoms with Crippen LogP contribution in [0, 0.1) is 0 Å². The Morgan fingerprint density at radius 2 is 2.00 bits per heavy atom. The normalized spacial score (nSPS) is 10.1. The minimum absolute atomic E-state index is 0.320. The second-order valence-corrected chi connectivity index (χ2v) is 3.44. The van der Waals surface area contributed by atoms with Gasteiger partial charge in [0.1, 0.15) is 10.8 Å². The minimum atomic E-state index is 0.320. The number of anilines is 1. The maximum Gasteiger partial charge on any atom is 0.232 e. The molecule has 0 radical (unpaired) electrons. The molecule has 1 heterocycles. The third kappa shape index (κ3) is 1.67. The van der Waals surface area contributed by atoms with Crippen molar-refractivity contribution in [2.24, 2.45) is 0 Å². The van der Waals surface area contributed by atoms with Crippen molar-refractivity contribution in [3.05, 3.63) is 24.3 Å². The molecule has 72 valence electrons. The number of ether oxygens (including phenoxy) is 1. The van der Waals surface area contributed by atoms with E-state index in [4.69, 9.17) is 10.5 Å². The van der Waals surface area contributed by atoms with E-state index in [-0.39, 0.29) is 0 Å². The average Bonchev–Trinajstić information content (AvgIpc) is 2.65. The highest BCUT2D eigenvalue weighted by atomic mass is 32.1. The Balaban J connectivity index is 2.33. The van der Waals surface area contributed by atoms with E-state index in [1.165, 1.54) is 11.5 Å². The molecular weight excluding hydrogens is 198 g/mol. The summed E-state index contributed by atoms with van der Waals surface area (Å²) >= 11 is 1.29. The van der Waals surface area contributed by atoms with Crippen LogP contribution in [0.5, 0.6) is 5.75 Å². The fraction of sp³-hybridized carbons (Fsp3) is 0.111. The van der Waals surface area contributed by atoms with Crippen LogP contribution in [0.4, 0.5) is 5.95 Å². The number of nitrogens with two attached hydrogens (primary N) is 1. The lowest BCUT2D eigenvalue weighted by molar-refractivity contribution is 0.415. The van der Waals surface area contributed by atoms with Gasteiger partial charge in [0.05, 0.1) is 7.11 Å². The standard InChI is InChI=1S/C9H9N3OS/c1-13-7-4-2-6(3-5-7)8-11-9(10)12-14-8/h2-5H,1H3,(H2,10,12). The molecule has 14 heavy (non-hydrogen) atoms. The topological polar surface area (TPSA) is 61.0 Å². The smallest absolute Gasteiger partial charge is 0.232 e. The highest BCUT2D eigenvalue weighted by Gasteiger charge is 2.03. The van der Waals surface area contributed by atoms with Crippen LogP contribution in [0.3, 0.4) is 0 Å². The molecule has 0 bridgehead atoms. The Hall–Kier alpha value is -1.62. The number of benzene rings is 1. The summed E-state index contributed by atoms with van der Waals surface area (Å²) in [7, 11) is 1.64. The van der Waals surface area contributed by atoms with E-state index in [0.717, 1.165) is 16.3 Å². The van der Waals surface area contributed by atoms with E-state index in [0.29, 0.717) is 5.95 Å². The van der Waals surface area contributed by atoms with Crippen molar-refractivity contribution >= 4 is 17.5 Å². The van der Waals surface area contributed by atoms with E-state index in [1.807, 2.05) is 24.3 Å². The van der Waals surface area contributed by atoms with Crippen molar-refractivity contribution in [2.75, 3.05) is 12.8 Å². The molecule has 0 aliphatic rings. The van der Waals surface area contributed by atoms with Gasteiger partial charge >= 0.3 is 0 Å². The van der Waals surface area contributed by atoms with Crippen molar-refractivity contribution in [1.82, 2.24) is 9.36 Å². The predicted molar refractivity (Wildman–Crippen MR) is 56.3 cm³/mol. The van der Waals surface area contributed by atoms with Gasteiger partial charge in [-0.05, 0) is 35.8 Å². The summed E-state index contributed by atoms with van der Waals surface area (Å²) in [6.45, 7) is 0. The first-order valence-electron chi connectivity index (χ1n) is 4.03. The Kier molecular flexibility index (Phi) is 2.32. The molecule has 5 heteroatoms. The number of nitrogens with zero attached hydrogens (tertiary/aromatic N) is 2. The first kappa shape index (κ1) is 8.96. The van der Waals surface area contributed by atoms with E-state index in [1.54, 1.807) is 7.11 Å². The second kappa shape index (κ2) is 3.63. The number of hydrogen-bond acceptors (Lipinski definition) is 5. The molecule has 0 atom stereocenters. The van der Waals surface area contributed by atoms with Crippen LogP contribution in [0.25, 0.3) is 10.6 Å². The minimum Gasteiger partial charge on any atom is -0.497 e. The molecule has 0 aliphatic heterocycles. The Morgan fingerprint density at radius 1 is 1.29 bits per heavy atom. The molecule has 2 N–H and O–H groups in total. The molecular formula is C9H9N3OS. The number of hydrogen-bond donors (Lipinski definition) is 1. The Bertz CT molecular complexity index is 424. The molecule has 0 unspecified atom stereocenters. The fourth-order valence-corrected chi connectivity index (χ4v) is 1.68. The van der Waals surface area contributed by atoms with Crippen LogP contribution in [0.2, 0.25) is 0 Å². The average molecular weight is 207 g/mol. The summed E-state index contributed by atoms with van der Waals surface area (Å²) in [6, 6.07) is 7.62. The molecule has 1 aromatic carbocycles. The van der Waals surface area contributed by atoms with Crippen molar-refractivity contribution < 1.29 is 4.74 Å². The summed E-state index contributed by atoms with van der Waals surface area (Å²) in [5.74, 6) is 1.15. The maximum absolute atomic E-state index is 5.44. The van der Waals surface area contributed by atoms with Gasteiger partial charge in [-0.3, -0.25) is 0 Å². The highest BCUT2D eigenvalue weighted by molar-refractivity contribution is 7.09. The van der Waals surface area contributed by atoms with Crippen molar-refractivity contribution in [3.63, 3.8) is 0 Å². The van der Waals surface area contributed by atoms with Gasteiger partial charge in [0.15, 0.2) is 0 Å². The zero-order valence-corrected chi connectivity index (χ0v) is 8.41. The number of nitrogen functional groups attached to an aromatic ring is 1. The monoisotopic (exact) mass is 207 g/mol. The van der Waals surface area contributed by atoms with Gasteiger partial charge in [-0.1, -0.05) is 0 Å². The molecule has 0 amide bonds. The van der Waals surface area contributed by atoms with Crippen molar-refractivity contribution in [2.45, 2.75) is 0 Å². The molecule has 0 saturated heterocycles. The van der Waals surface area contributed by atoms with Gasteiger partial charge in [0, 0.05) is 5.56 Å².